The molecule has 0 amide bonds. The molecule has 0 bridgehead atoms. The van der Waals surface area contributed by atoms with E-state index in [4.69, 9.17) is 5.73 Å². The smallest absolute Gasteiger partial charge is 0.119 e. The van der Waals surface area contributed by atoms with Crippen LogP contribution in [0.5, 0.6) is 5.75 Å². The average molecular weight is 241 g/mol. The first-order valence-corrected chi connectivity index (χ1v) is 6.27. The van der Waals surface area contributed by atoms with Gasteiger partial charge in [-0.25, -0.2) is 0 Å². The summed E-state index contributed by atoms with van der Waals surface area (Å²) in [6, 6.07) is 17.8. The van der Waals surface area contributed by atoms with Crippen molar-refractivity contribution in [1.82, 2.24) is 0 Å². The molecule has 0 aliphatic heterocycles. The molecule has 2 nitrogen and oxygen atoms in total. The normalized spacial score (nSPS) is 14.1. The third-order valence-corrected chi connectivity index (χ3v) is 3.12. The van der Waals surface area contributed by atoms with Crippen LogP contribution in [0.4, 0.5) is 0 Å². The van der Waals surface area contributed by atoms with Gasteiger partial charge in [0.05, 0.1) is 0 Å². The van der Waals surface area contributed by atoms with Gasteiger partial charge in [-0.05, 0) is 25.0 Å². The molecule has 0 aromatic heterocycles. The minimum atomic E-state index is 0.0924. The summed E-state index contributed by atoms with van der Waals surface area (Å²) in [6.45, 7) is 2.00. The van der Waals surface area contributed by atoms with E-state index in [1.54, 1.807) is 6.07 Å². The van der Waals surface area contributed by atoms with Gasteiger partial charge < -0.3 is 10.8 Å². The van der Waals surface area contributed by atoms with Crippen LogP contribution in [-0.2, 0) is 0 Å². The van der Waals surface area contributed by atoms with E-state index in [2.05, 4.69) is 12.1 Å². The highest BCUT2D eigenvalue weighted by atomic mass is 16.3. The number of para-hydroxylation sites is 1. The maximum Gasteiger partial charge on any atom is 0.119 e. The molecular weight excluding hydrogens is 222 g/mol. The fourth-order valence-corrected chi connectivity index (χ4v) is 2.28. The molecule has 0 saturated heterocycles. The van der Waals surface area contributed by atoms with Crippen molar-refractivity contribution in [3.05, 3.63) is 65.7 Å². The minimum Gasteiger partial charge on any atom is -0.508 e. The number of hydrogen-bond donors (Lipinski definition) is 2. The van der Waals surface area contributed by atoms with Gasteiger partial charge in [-0.3, -0.25) is 0 Å². The van der Waals surface area contributed by atoms with E-state index in [0.29, 0.717) is 5.75 Å². The van der Waals surface area contributed by atoms with E-state index in [1.165, 1.54) is 5.56 Å². The van der Waals surface area contributed by atoms with Gasteiger partial charge in [0.1, 0.15) is 5.75 Å². The molecule has 0 fully saturated rings. The lowest BCUT2D eigenvalue weighted by Crippen LogP contribution is -2.19. The second-order valence-corrected chi connectivity index (χ2v) is 4.74. The van der Waals surface area contributed by atoms with Crippen LogP contribution in [-0.4, -0.2) is 11.1 Å². The molecule has 0 spiro atoms. The van der Waals surface area contributed by atoms with Gasteiger partial charge in [-0.2, -0.15) is 0 Å². The van der Waals surface area contributed by atoms with Crippen molar-refractivity contribution in [3.63, 3.8) is 0 Å². The van der Waals surface area contributed by atoms with Gasteiger partial charge in [0, 0.05) is 17.5 Å². The van der Waals surface area contributed by atoms with E-state index in [0.717, 1.165) is 12.0 Å². The van der Waals surface area contributed by atoms with Gasteiger partial charge in [0.25, 0.3) is 0 Å². The first-order valence-electron chi connectivity index (χ1n) is 6.27. The zero-order valence-corrected chi connectivity index (χ0v) is 10.6. The molecule has 0 aliphatic carbocycles. The Morgan fingerprint density at radius 3 is 2.22 bits per heavy atom. The van der Waals surface area contributed by atoms with Crippen molar-refractivity contribution in [2.24, 2.45) is 5.73 Å². The quantitative estimate of drug-likeness (QED) is 0.863. The molecule has 94 valence electrons. The molecule has 0 saturated carbocycles. The summed E-state index contributed by atoms with van der Waals surface area (Å²) in [6.07, 6.45) is 0.821. The molecule has 18 heavy (non-hydrogen) atoms. The van der Waals surface area contributed by atoms with Crippen LogP contribution in [0.3, 0.4) is 0 Å². The number of rotatable bonds is 4. The van der Waals surface area contributed by atoms with E-state index >= 15 is 0 Å². The molecule has 2 aromatic carbocycles. The number of phenols is 1. The van der Waals surface area contributed by atoms with E-state index in [9.17, 15) is 5.11 Å². The molecule has 0 radical (unpaired) electrons. The summed E-state index contributed by atoms with van der Waals surface area (Å²) in [5, 5.41) is 10.0. The van der Waals surface area contributed by atoms with Crippen LogP contribution in [0.15, 0.2) is 54.6 Å². The number of phenolic OH excluding ortho intramolecular Hbond substituents is 1. The zero-order valence-electron chi connectivity index (χ0n) is 10.6. The summed E-state index contributed by atoms with van der Waals surface area (Å²) in [4.78, 5) is 0. The van der Waals surface area contributed by atoms with E-state index in [-0.39, 0.29) is 12.0 Å². The third-order valence-electron chi connectivity index (χ3n) is 3.12. The van der Waals surface area contributed by atoms with Gasteiger partial charge in [0.15, 0.2) is 0 Å². The lowest BCUT2D eigenvalue weighted by molar-refractivity contribution is 0.460. The van der Waals surface area contributed by atoms with Crippen molar-refractivity contribution >= 4 is 0 Å². The molecule has 2 rings (SSSR count). The predicted octanol–water partition coefficient (Wildman–Crippen LogP) is 3.26. The van der Waals surface area contributed by atoms with Gasteiger partial charge in [0.2, 0.25) is 0 Å². The maximum absolute atomic E-state index is 10.0. The van der Waals surface area contributed by atoms with E-state index in [1.807, 2.05) is 43.3 Å². The summed E-state index contributed by atoms with van der Waals surface area (Å²) in [7, 11) is 0. The Labute approximate surface area is 108 Å². The highest BCUT2D eigenvalue weighted by Gasteiger charge is 2.18. The Kier molecular flexibility index (Phi) is 4.00. The summed E-state index contributed by atoms with van der Waals surface area (Å²) < 4.78 is 0. The predicted molar refractivity (Wildman–Crippen MR) is 74.7 cm³/mol. The van der Waals surface area contributed by atoms with Crippen molar-refractivity contribution in [1.29, 1.82) is 0 Å². The minimum absolute atomic E-state index is 0.0924. The van der Waals surface area contributed by atoms with Crippen LogP contribution in [0, 0.1) is 0 Å². The highest BCUT2D eigenvalue weighted by Crippen LogP contribution is 2.34. The van der Waals surface area contributed by atoms with Crippen molar-refractivity contribution in [2.45, 2.75) is 25.3 Å². The van der Waals surface area contributed by atoms with E-state index < -0.39 is 0 Å². The third kappa shape index (κ3) is 2.90. The molecular formula is C16H19NO. The second-order valence-electron chi connectivity index (χ2n) is 4.74. The van der Waals surface area contributed by atoms with Gasteiger partial charge >= 0.3 is 0 Å². The zero-order chi connectivity index (χ0) is 13.0. The van der Waals surface area contributed by atoms with Crippen molar-refractivity contribution < 1.29 is 5.11 Å². The average Bonchev–Trinajstić information content (AvgIpc) is 2.38. The van der Waals surface area contributed by atoms with Crippen LogP contribution >= 0.6 is 0 Å². The molecule has 2 atom stereocenters. The van der Waals surface area contributed by atoms with Crippen LogP contribution < -0.4 is 5.73 Å². The Balaban J connectivity index is 2.41. The molecule has 0 heterocycles. The molecule has 0 aliphatic rings. The Morgan fingerprint density at radius 1 is 1.00 bits per heavy atom. The molecule has 2 heteroatoms. The fourth-order valence-electron chi connectivity index (χ4n) is 2.28. The first-order chi connectivity index (χ1) is 8.68. The van der Waals surface area contributed by atoms with Crippen LogP contribution in [0.1, 0.15) is 30.4 Å². The number of nitrogens with two attached hydrogens (primary N) is 1. The Bertz CT molecular complexity index is 493. The fraction of sp³-hybridized carbons (Fsp3) is 0.250. The number of aromatic hydroxyl groups is 1. The second kappa shape index (κ2) is 5.69. The lowest BCUT2D eigenvalue weighted by Gasteiger charge is -2.21. The van der Waals surface area contributed by atoms with Crippen molar-refractivity contribution in [3.8, 4) is 5.75 Å². The van der Waals surface area contributed by atoms with Crippen LogP contribution in [0.2, 0.25) is 0 Å². The topological polar surface area (TPSA) is 46.2 Å². The maximum atomic E-state index is 10.0. The Morgan fingerprint density at radius 2 is 1.61 bits per heavy atom. The molecule has 3 N–H and O–H groups in total. The largest absolute Gasteiger partial charge is 0.508 e. The monoisotopic (exact) mass is 241 g/mol. The van der Waals surface area contributed by atoms with Crippen molar-refractivity contribution in [2.75, 3.05) is 0 Å². The van der Waals surface area contributed by atoms with Gasteiger partial charge in [-0.1, -0.05) is 48.5 Å². The van der Waals surface area contributed by atoms with Crippen LogP contribution in [0.25, 0.3) is 0 Å². The standard InChI is InChI=1S/C16H19NO/c1-12(17)11-15(13-7-3-2-4-8-13)14-9-5-6-10-16(14)18/h2-10,12,15,18H,11,17H2,1H3. The molecule has 2 aromatic rings. The Hall–Kier alpha value is -1.80. The highest BCUT2D eigenvalue weighted by molar-refractivity contribution is 5.41. The summed E-state index contributed by atoms with van der Waals surface area (Å²) in [5.74, 6) is 0.486. The van der Waals surface area contributed by atoms with Gasteiger partial charge in [-0.15, -0.1) is 0 Å². The number of benzene rings is 2. The summed E-state index contributed by atoms with van der Waals surface area (Å²) >= 11 is 0. The SMILES string of the molecule is CC(N)CC(c1ccccc1)c1ccccc1O. The first kappa shape index (κ1) is 12.7. The number of hydrogen-bond acceptors (Lipinski definition) is 2. The lowest BCUT2D eigenvalue weighted by atomic mass is 9.86. The molecule has 2 unspecified atom stereocenters. The summed E-state index contributed by atoms with van der Waals surface area (Å²) in [5.41, 5.74) is 8.07.